The van der Waals surface area contributed by atoms with Crippen molar-refractivity contribution >= 4 is 0 Å². The summed E-state index contributed by atoms with van der Waals surface area (Å²) in [5.41, 5.74) is 0. The molecule has 2 unspecified atom stereocenters. The molecule has 0 rings (SSSR count). The van der Waals surface area contributed by atoms with E-state index >= 15 is 0 Å². The summed E-state index contributed by atoms with van der Waals surface area (Å²) in [5, 5.41) is 9.33. The van der Waals surface area contributed by atoms with Crippen LogP contribution in [0.15, 0.2) is 12.7 Å². The van der Waals surface area contributed by atoms with Crippen LogP contribution in [0.4, 0.5) is 0 Å². The molecule has 0 amide bonds. The topological polar surface area (TPSA) is 20.2 Å². The van der Waals surface area contributed by atoms with Gasteiger partial charge in [0, 0.05) is 6.92 Å². The lowest BCUT2D eigenvalue weighted by Crippen LogP contribution is -2.50. The van der Waals surface area contributed by atoms with Gasteiger partial charge in [-0.3, -0.25) is 4.48 Å². The first-order valence-corrected chi connectivity index (χ1v) is 3.70. The molecule has 2 nitrogen and oxygen atoms in total. The maximum Gasteiger partial charge on any atom is 0.187 e. The van der Waals surface area contributed by atoms with E-state index in [0.29, 0.717) is 4.48 Å². The van der Waals surface area contributed by atoms with E-state index in [-0.39, 0.29) is 6.23 Å². The molecule has 0 saturated heterocycles. The molecule has 2 heteroatoms. The molecule has 0 heterocycles. The van der Waals surface area contributed by atoms with E-state index in [2.05, 4.69) is 13.5 Å². The highest BCUT2D eigenvalue weighted by Crippen LogP contribution is 2.06. The van der Waals surface area contributed by atoms with E-state index in [1.54, 1.807) is 0 Å². The van der Waals surface area contributed by atoms with Crippen molar-refractivity contribution in [1.82, 2.24) is 0 Å². The van der Waals surface area contributed by atoms with Gasteiger partial charge in [0.15, 0.2) is 6.23 Å². The number of rotatable bonds is 4. The number of likely N-dealkylation sites (N-methyl/N-ethyl adjacent to an activating group) is 1. The van der Waals surface area contributed by atoms with Crippen molar-refractivity contribution in [3.05, 3.63) is 12.7 Å². The quantitative estimate of drug-likeness (QED) is 0.354. The number of hydrogen-bond donors (Lipinski definition) is 1. The van der Waals surface area contributed by atoms with Crippen molar-refractivity contribution in [1.29, 1.82) is 0 Å². The molecule has 0 bridgehead atoms. The maximum absolute atomic E-state index is 9.33. The zero-order chi connectivity index (χ0) is 8.20. The molecular weight excluding hydrogens is 126 g/mol. The summed E-state index contributed by atoms with van der Waals surface area (Å²) >= 11 is 0. The summed E-state index contributed by atoms with van der Waals surface area (Å²) in [4.78, 5) is 0. The Kier molecular flexibility index (Phi) is 3.61. The van der Waals surface area contributed by atoms with Gasteiger partial charge >= 0.3 is 0 Å². The van der Waals surface area contributed by atoms with Crippen molar-refractivity contribution in [2.24, 2.45) is 0 Å². The first-order valence-electron chi connectivity index (χ1n) is 3.70. The predicted octanol–water partition coefficient (Wildman–Crippen LogP) is 0.977. The Hall–Kier alpha value is -0.340. The van der Waals surface area contributed by atoms with Gasteiger partial charge < -0.3 is 5.11 Å². The van der Waals surface area contributed by atoms with Crippen LogP contribution >= 0.6 is 0 Å². The predicted molar refractivity (Wildman–Crippen MR) is 43.5 cm³/mol. The van der Waals surface area contributed by atoms with Crippen molar-refractivity contribution in [2.45, 2.75) is 20.1 Å². The van der Waals surface area contributed by atoms with Gasteiger partial charge in [-0.05, 0) is 13.0 Å². The number of quaternary nitrogens is 1. The van der Waals surface area contributed by atoms with E-state index in [1.807, 2.05) is 20.0 Å². The molecule has 0 aromatic rings. The average molecular weight is 144 g/mol. The summed E-state index contributed by atoms with van der Waals surface area (Å²) in [7, 11) is 2.02. The Balaban J connectivity index is 4.07. The third-order valence-electron chi connectivity index (χ3n) is 2.17. The van der Waals surface area contributed by atoms with Crippen LogP contribution in [0.25, 0.3) is 0 Å². The number of aliphatic hydroxyl groups is 1. The van der Waals surface area contributed by atoms with Crippen LogP contribution < -0.4 is 0 Å². The van der Waals surface area contributed by atoms with E-state index in [1.165, 1.54) is 0 Å². The van der Waals surface area contributed by atoms with Crippen molar-refractivity contribution in [3.63, 3.8) is 0 Å². The number of hydrogen-bond acceptors (Lipinski definition) is 1. The van der Waals surface area contributed by atoms with Crippen LogP contribution in [-0.4, -0.2) is 36.0 Å². The fourth-order valence-corrected chi connectivity index (χ4v) is 0.841. The van der Waals surface area contributed by atoms with Gasteiger partial charge in [0.2, 0.25) is 0 Å². The zero-order valence-corrected chi connectivity index (χ0v) is 7.17. The van der Waals surface area contributed by atoms with Gasteiger partial charge in [-0.25, -0.2) is 0 Å². The highest BCUT2D eigenvalue weighted by atomic mass is 16.3. The maximum atomic E-state index is 9.33. The van der Waals surface area contributed by atoms with Crippen LogP contribution in [0.3, 0.4) is 0 Å². The van der Waals surface area contributed by atoms with E-state index in [0.717, 1.165) is 13.1 Å². The van der Waals surface area contributed by atoms with Gasteiger partial charge in [0.05, 0.1) is 20.1 Å². The zero-order valence-electron chi connectivity index (χ0n) is 7.17. The fourth-order valence-electron chi connectivity index (χ4n) is 0.841. The standard InChI is InChI=1S/C8H18NO/c1-5-7-9(4,6-2)8(3)10/h5,8,10H,1,6-7H2,2-4H3/q+1. The lowest BCUT2D eigenvalue weighted by molar-refractivity contribution is -0.945. The Bertz CT molecular complexity index is 112. The number of aliphatic hydroxyl groups excluding tert-OH is 1. The highest BCUT2D eigenvalue weighted by Gasteiger charge is 2.22. The third kappa shape index (κ3) is 2.12. The smallest absolute Gasteiger partial charge is 0.187 e. The summed E-state index contributed by atoms with van der Waals surface area (Å²) in [6.07, 6.45) is 1.54. The SMILES string of the molecule is C=CC[N+](C)(CC)C(C)O. The van der Waals surface area contributed by atoms with Crippen LogP contribution in [0.1, 0.15) is 13.8 Å². The molecule has 0 aromatic carbocycles. The molecular formula is C8H18NO+. The fraction of sp³-hybridized carbons (Fsp3) is 0.750. The average Bonchev–Trinajstić information content (AvgIpc) is 1.88. The molecule has 0 aliphatic carbocycles. The second-order valence-corrected chi connectivity index (χ2v) is 2.90. The summed E-state index contributed by atoms with van der Waals surface area (Å²) in [6.45, 7) is 9.29. The first kappa shape index (κ1) is 9.66. The summed E-state index contributed by atoms with van der Waals surface area (Å²) in [5.74, 6) is 0. The Labute approximate surface area is 63.4 Å². The molecule has 0 aromatic heterocycles. The number of nitrogens with zero attached hydrogens (tertiary/aromatic N) is 1. The Morgan fingerprint density at radius 2 is 2.20 bits per heavy atom. The van der Waals surface area contributed by atoms with Crippen molar-refractivity contribution in [2.75, 3.05) is 20.1 Å². The lowest BCUT2D eigenvalue weighted by atomic mass is 10.3. The van der Waals surface area contributed by atoms with Crippen LogP contribution in [0, 0.1) is 0 Å². The minimum Gasteiger partial charge on any atom is -0.345 e. The van der Waals surface area contributed by atoms with Crippen LogP contribution in [0.5, 0.6) is 0 Å². The summed E-state index contributed by atoms with van der Waals surface area (Å²) in [6, 6.07) is 0. The van der Waals surface area contributed by atoms with Crippen molar-refractivity contribution in [3.8, 4) is 0 Å². The monoisotopic (exact) mass is 144 g/mol. The van der Waals surface area contributed by atoms with Gasteiger partial charge in [0.1, 0.15) is 0 Å². The van der Waals surface area contributed by atoms with E-state index < -0.39 is 0 Å². The highest BCUT2D eigenvalue weighted by molar-refractivity contribution is 4.65. The van der Waals surface area contributed by atoms with Gasteiger partial charge in [-0.1, -0.05) is 6.58 Å². The molecule has 0 radical (unpaired) electrons. The lowest BCUT2D eigenvalue weighted by Gasteiger charge is -2.34. The first-order chi connectivity index (χ1) is 4.56. The molecule has 0 aliphatic rings. The third-order valence-corrected chi connectivity index (χ3v) is 2.17. The largest absolute Gasteiger partial charge is 0.345 e. The van der Waals surface area contributed by atoms with Gasteiger partial charge in [0.25, 0.3) is 0 Å². The minimum absolute atomic E-state index is 0.303. The summed E-state index contributed by atoms with van der Waals surface area (Å²) < 4.78 is 0.656. The normalized spacial score (nSPS) is 19.6. The second kappa shape index (κ2) is 3.74. The van der Waals surface area contributed by atoms with E-state index in [4.69, 9.17) is 0 Å². The van der Waals surface area contributed by atoms with Crippen LogP contribution in [0.2, 0.25) is 0 Å². The molecule has 0 saturated carbocycles. The van der Waals surface area contributed by atoms with Crippen LogP contribution in [-0.2, 0) is 0 Å². The molecule has 1 N–H and O–H groups in total. The van der Waals surface area contributed by atoms with Gasteiger partial charge in [-0.15, -0.1) is 0 Å². The molecule has 0 fully saturated rings. The minimum atomic E-state index is -0.303. The molecule has 10 heavy (non-hydrogen) atoms. The molecule has 60 valence electrons. The molecule has 2 atom stereocenters. The Morgan fingerprint density at radius 3 is 2.30 bits per heavy atom. The molecule has 0 aliphatic heterocycles. The Morgan fingerprint density at radius 1 is 1.70 bits per heavy atom. The molecule has 0 spiro atoms. The van der Waals surface area contributed by atoms with Crippen molar-refractivity contribution < 1.29 is 9.59 Å². The van der Waals surface area contributed by atoms with Gasteiger partial charge in [-0.2, -0.15) is 0 Å². The second-order valence-electron chi connectivity index (χ2n) is 2.90. The van der Waals surface area contributed by atoms with E-state index in [9.17, 15) is 5.11 Å².